The highest BCUT2D eigenvalue weighted by molar-refractivity contribution is 5.94. The fourth-order valence-corrected chi connectivity index (χ4v) is 2.58. The fraction of sp³-hybridized carbons (Fsp3) is 0.136. The fourth-order valence-electron chi connectivity index (χ4n) is 2.58. The predicted molar refractivity (Wildman–Crippen MR) is 98.9 cm³/mol. The maximum Gasteiger partial charge on any atom is 0.251 e. The van der Waals surface area contributed by atoms with Crippen molar-refractivity contribution in [2.24, 2.45) is 0 Å². The molecule has 0 spiro atoms. The van der Waals surface area contributed by atoms with E-state index in [1.54, 1.807) is 0 Å². The first-order valence-electron chi connectivity index (χ1n) is 8.54. The highest BCUT2D eigenvalue weighted by Gasteiger charge is 2.09. The molecule has 0 bridgehead atoms. The van der Waals surface area contributed by atoms with Gasteiger partial charge in [0.15, 0.2) is 0 Å². The van der Waals surface area contributed by atoms with Gasteiger partial charge >= 0.3 is 0 Å². The van der Waals surface area contributed by atoms with Crippen LogP contribution in [0.25, 0.3) is 0 Å². The molecule has 0 heterocycles. The number of halogens is 2. The van der Waals surface area contributed by atoms with Crippen molar-refractivity contribution in [1.82, 2.24) is 5.32 Å². The van der Waals surface area contributed by atoms with E-state index >= 15 is 0 Å². The standard InChI is InChI=1S/C22H19F2NO2/c23-20-10-19(11-21(24)12-20)22(26)25-13-16-6-8-18(9-7-16)15-27-14-17-4-2-1-3-5-17/h1-12H,13-15H2,(H,25,26). The third-order valence-electron chi connectivity index (χ3n) is 3.98. The molecule has 0 aliphatic rings. The Balaban J connectivity index is 1.48. The van der Waals surface area contributed by atoms with E-state index in [1.807, 2.05) is 54.6 Å². The van der Waals surface area contributed by atoms with E-state index in [4.69, 9.17) is 4.74 Å². The molecule has 3 nitrogen and oxygen atoms in total. The van der Waals surface area contributed by atoms with E-state index in [2.05, 4.69) is 5.32 Å². The quantitative estimate of drug-likeness (QED) is 0.662. The van der Waals surface area contributed by atoms with Crippen molar-refractivity contribution >= 4 is 5.91 Å². The van der Waals surface area contributed by atoms with E-state index in [0.29, 0.717) is 13.2 Å². The minimum atomic E-state index is -0.778. The Morgan fingerprint density at radius 3 is 1.96 bits per heavy atom. The third-order valence-corrected chi connectivity index (χ3v) is 3.98. The zero-order valence-electron chi connectivity index (χ0n) is 14.6. The molecule has 5 heteroatoms. The predicted octanol–water partition coefficient (Wildman–Crippen LogP) is 4.61. The number of rotatable bonds is 7. The van der Waals surface area contributed by atoms with Gasteiger partial charge in [-0.25, -0.2) is 8.78 Å². The van der Waals surface area contributed by atoms with Gasteiger partial charge in [0.1, 0.15) is 11.6 Å². The number of carbonyl (C=O) groups excluding carboxylic acids is 1. The topological polar surface area (TPSA) is 38.3 Å². The van der Waals surface area contributed by atoms with Gasteiger partial charge in [-0.15, -0.1) is 0 Å². The van der Waals surface area contributed by atoms with Gasteiger partial charge in [0.25, 0.3) is 5.91 Å². The number of hydrogen-bond acceptors (Lipinski definition) is 2. The molecule has 0 unspecified atom stereocenters. The maximum atomic E-state index is 13.2. The van der Waals surface area contributed by atoms with Gasteiger partial charge in [0, 0.05) is 18.2 Å². The number of nitrogens with one attached hydrogen (secondary N) is 1. The molecule has 0 aliphatic heterocycles. The van der Waals surface area contributed by atoms with Gasteiger partial charge in [-0.2, -0.15) is 0 Å². The summed E-state index contributed by atoms with van der Waals surface area (Å²) in [5.41, 5.74) is 2.98. The minimum absolute atomic E-state index is 0.0431. The molecule has 0 saturated carbocycles. The van der Waals surface area contributed by atoms with Gasteiger partial charge in [0.05, 0.1) is 13.2 Å². The van der Waals surface area contributed by atoms with Gasteiger partial charge in [-0.1, -0.05) is 54.6 Å². The summed E-state index contributed by atoms with van der Waals surface area (Å²) < 4.78 is 32.0. The van der Waals surface area contributed by atoms with Crippen molar-refractivity contribution in [2.45, 2.75) is 19.8 Å². The largest absolute Gasteiger partial charge is 0.372 e. The third kappa shape index (κ3) is 5.72. The van der Waals surface area contributed by atoms with Gasteiger partial charge < -0.3 is 10.1 Å². The van der Waals surface area contributed by atoms with Crippen molar-refractivity contribution in [3.8, 4) is 0 Å². The van der Waals surface area contributed by atoms with Crippen LogP contribution in [0.3, 0.4) is 0 Å². The average molecular weight is 367 g/mol. The minimum Gasteiger partial charge on any atom is -0.372 e. The molecular formula is C22H19F2NO2. The summed E-state index contributed by atoms with van der Waals surface area (Å²) in [6.45, 7) is 1.30. The van der Waals surface area contributed by atoms with Crippen LogP contribution < -0.4 is 5.32 Å². The monoisotopic (exact) mass is 367 g/mol. The molecule has 0 saturated heterocycles. The van der Waals surface area contributed by atoms with Crippen LogP contribution in [-0.4, -0.2) is 5.91 Å². The van der Waals surface area contributed by atoms with E-state index in [-0.39, 0.29) is 12.1 Å². The number of benzene rings is 3. The summed E-state index contributed by atoms with van der Waals surface area (Å²) in [4.78, 5) is 12.0. The summed E-state index contributed by atoms with van der Waals surface area (Å²) in [6.07, 6.45) is 0. The highest BCUT2D eigenvalue weighted by Crippen LogP contribution is 2.10. The second-order valence-corrected chi connectivity index (χ2v) is 6.14. The van der Waals surface area contributed by atoms with Crippen molar-refractivity contribution in [1.29, 1.82) is 0 Å². The second kappa shape index (κ2) is 9.05. The molecule has 138 valence electrons. The molecular weight excluding hydrogens is 348 g/mol. The van der Waals surface area contributed by atoms with Crippen LogP contribution >= 0.6 is 0 Å². The zero-order chi connectivity index (χ0) is 19.1. The van der Waals surface area contributed by atoms with E-state index < -0.39 is 17.5 Å². The second-order valence-electron chi connectivity index (χ2n) is 6.14. The van der Waals surface area contributed by atoms with E-state index in [9.17, 15) is 13.6 Å². The summed E-state index contributed by atoms with van der Waals surface area (Å²) in [6, 6.07) is 20.3. The lowest BCUT2D eigenvalue weighted by molar-refractivity contribution is 0.0950. The van der Waals surface area contributed by atoms with E-state index in [1.165, 1.54) is 0 Å². The molecule has 3 aromatic rings. The summed E-state index contributed by atoms with van der Waals surface area (Å²) in [5.74, 6) is -2.08. The first kappa shape index (κ1) is 18.7. The molecule has 1 amide bonds. The Kier molecular flexibility index (Phi) is 6.28. The molecule has 0 atom stereocenters. The Morgan fingerprint density at radius 1 is 0.778 bits per heavy atom. The van der Waals surface area contributed by atoms with Gasteiger partial charge in [-0.05, 0) is 28.8 Å². The van der Waals surface area contributed by atoms with Crippen LogP contribution in [0.4, 0.5) is 8.78 Å². The normalized spacial score (nSPS) is 10.6. The molecule has 3 aromatic carbocycles. The Morgan fingerprint density at radius 2 is 1.33 bits per heavy atom. The molecule has 0 aliphatic carbocycles. The SMILES string of the molecule is O=C(NCc1ccc(COCc2ccccc2)cc1)c1cc(F)cc(F)c1. The molecule has 1 N–H and O–H groups in total. The Bertz CT molecular complexity index is 876. The summed E-state index contributed by atoms with van der Waals surface area (Å²) >= 11 is 0. The molecule has 0 fully saturated rings. The lowest BCUT2D eigenvalue weighted by atomic mass is 10.1. The van der Waals surface area contributed by atoms with Crippen molar-refractivity contribution in [3.63, 3.8) is 0 Å². The number of carbonyl (C=O) groups is 1. The molecule has 27 heavy (non-hydrogen) atoms. The van der Waals surface area contributed by atoms with Crippen LogP contribution in [0.1, 0.15) is 27.0 Å². The number of amides is 1. The zero-order valence-corrected chi connectivity index (χ0v) is 14.6. The first-order valence-corrected chi connectivity index (χ1v) is 8.54. The van der Waals surface area contributed by atoms with Crippen LogP contribution in [0.2, 0.25) is 0 Å². The van der Waals surface area contributed by atoms with Crippen molar-refractivity contribution in [2.75, 3.05) is 0 Å². The molecule has 0 radical (unpaired) electrons. The van der Waals surface area contributed by atoms with Crippen LogP contribution in [0.15, 0.2) is 72.8 Å². The highest BCUT2D eigenvalue weighted by atomic mass is 19.1. The lowest BCUT2D eigenvalue weighted by Gasteiger charge is -2.08. The Hall–Kier alpha value is -3.05. The van der Waals surface area contributed by atoms with Crippen LogP contribution in [0, 0.1) is 11.6 Å². The number of ether oxygens (including phenoxy) is 1. The van der Waals surface area contributed by atoms with Crippen LogP contribution in [-0.2, 0) is 24.5 Å². The number of hydrogen-bond donors (Lipinski definition) is 1. The first-order chi connectivity index (χ1) is 13.1. The lowest BCUT2D eigenvalue weighted by Crippen LogP contribution is -2.23. The van der Waals surface area contributed by atoms with Gasteiger partial charge in [0.2, 0.25) is 0 Å². The van der Waals surface area contributed by atoms with E-state index in [0.717, 1.165) is 34.9 Å². The smallest absolute Gasteiger partial charge is 0.251 e. The van der Waals surface area contributed by atoms with Crippen molar-refractivity contribution in [3.05, 3.63) is 107 Å². The van der Waals surface area contributed by atoms with Crippen LogP contribution in [0.5, 0.6) is 0 Å². The maximum absolute atomic E-state index is 13.2. The average Bonchev–Trinajstić information content (AvgIpc) is 2.67. The van der Waals surface area contributed by atoms with Gasteiger partial charge in [-0.3, -0.25) is 4.79 Å². The summed E-state index contributed by atoms with van der Waals surface area (Å²) in [7, 11) is 0. The summed E-state index contributed by atoms with van der Waals surface area (Å²) in [5, 5.41) is 2.65. The Labute approximate surface area is 156 Å². The van der Waals surface area contributed by atoms with Crippen molar-refractivity contribution < 1.29 is 18.3 Å². The molecule has 3 rings (SSSR count). The molecule has 0 aromatic heterocycles.